The molecule has 0 aliphatic carbocycles. The zero-order valence-electron chi connectivity index (χ0n) is 12.1. The van der Waals surface area contributed by atoms with Crippen molar-refractivity contribution in [3.05, 3.63) is 35.9 Å². The van der Waals surface area contributed by atoms with Crippen LogP contribution in [0.5, 0.6) is 11.5 Å². The van der Waals surface area contributed by atoms with E-state index in [2.05, 4.69) is 0 Å². The Hall–Kier alpha value is -2.05. The predicted molar refractivity (Wildman–Crippen MR) is 77.1 cm³/mol. The average Bonchev–Trinajstić information content (AvgIpc) is 2.50. The number of allylic oxidation sites excluding steroid dienone is 1. The van der Waals surface area contributed by atoms with Crippen molar-refractivity contribution in [2.45, 2.75) is 25.9 Å². The average molecular weight is 295 g/mol. The molecule has 0 aliphatic rings. The molecule has 0 radical (unpaired) electrons. The number of nitrogens with one attached hydrogen (secondary N) is 1. The first kappa shape index (κ1) is 17.0. The summed E-state index contributed by atoms with van der Waals surface area (Å²) in [6.07, 6.45) is 3.39. The molecule has 0 unspecified atom stereocenters. The van der Waals surface area contributed by atoms with Gasteiger partial charge in [0.2, 0.25) is 0 Å². The van der Waals surface area contributed by atoms with Crippen LogP contribution in [0.25, 0.3) is 0 Å². The summed E-state index contributed by atoms with van der Waals surface area (Å²) in [4.78, 5) is 10.8. The molecule has 1 aromatic carbocycles. The highest BCUT2D eigenvalue weighted by molar-refractivity contribution is 5.86. The van der Waals surface area contributed by atoms with Gasteiger partial charge in [-0.15, -0.1) is 0 Å². The molecule has 4 N–H and O–H groups in total. The van der Waals surface area contributed by atoms with E-state index in [-0.39, 0.29) is 11.7 Å². The van der Waals surface area contributed by atoms with Crippen molar-refractivity contribution in [1.82, 2.24) is 5.48 Å². The Morgan fingerprint density at radius 1 is 1.48 bits per heavy atom. The van der Waals surface area contributed by atoms with Crippen molar-refractivity contribution >= 4 is 5.91 Å². The molecule has 1 amide bonds. The van der Waals surface area contributed by atoms with E-state index in [0.29, 0.717) is 24.2 Å². The molecule has 0 aromatic heterocycles. The lowest BCUT2D eigenvalue weighted by atomic mass is 9.93. The van der Waals surface area contributed by atoms with E-state index >= 15 is 0 Å². The molecule has 116 valence electrons. The van der Waals surface area contributed by atoms with Gasteiger partial charge in [0, 0.05) is 6.08 Å². The maximum absolute atomic E-state index is 10.8. The van der Waals surface area contributed by atoms with Gasteiger partial charge in [-0.05, 0) is 36.5 Å². The smallest absolute Gasteiger partial charge is 0.267 e. The fourth-order valence-corrected chi connectivity index (χ4v) is 1.96. The summed E-state index contributed by atoms with van der Waals surface area (Å²) in [5.41, 5.74) is 2.11. The van der Waals surface area contributed by atoms with Crippen LogP contribution >= 0.6 is 0 Å². The number of aliphatic hydroxyl groups excluding tert-OH is 1. The van der Waals surface area contributed by atoms with Gasteiger partial charge in [-0.2, -0.15) is 0 Å². The molecular formula is C15H21NO5. The Morgan fingerprint density at radius 2 is 2.19 bits per heavy atom. The lowest BCUT2D eigenvalue weighted by Gasteiger charge is -2.19. The first-order valence-electron chi connectivity index (χ1n) is 6.65. The maximum Gasteiger partial charge on any atom is 0.267 e. The quantitative estimate of drug-likeness (QED) is 0.350. The molecule has 0 saturated carbocycles. The Bertz CT molecular complexity index is 501. The summed E-state index contributed by atoms with van der Waals surface area (Å²) in [5.74, 6) is -0.291. The van der Waals surface area contributed by atoms with Gasteiger partial charge in [0.25, 0.3) is 5.91 Å². The molecule has 1 aromatic rings. The standard InChI is InChI=1S/C15H21NO5/c1-10(5-3-4-6-14(18)16-20)15(19)11-7-8-13(21-2)12(17)9-11/h4,6-10,15,17,19-20H,3,5H2,1-2H3,(H,16,18)/b6-4+/t10-,15-/m0/s1. The van der Waals surface area contributed by atoms with Gasteiger partial charge in [-0.25, -0.2) is 5.48 Å². The van der Waals surface area contributed by atoms with Gasteiger partial charge in [-0.3, -0.25) is 10.0 Å². The molecule has 0 bridgehead atoms. The summed E-state index contributed by atoms with van der Waals surface area (Å²) in [5, 5.41) is 28.3. The summed E-state index contributed by atoms with van der Waals surface area (Å²) >= 11 is 0. The van der Waals surface area contributed by atoms with Crippen LogP contribution in [0.4, 0.5) is 0 Å². The minimum Gasteiger partial charge on any atom is -0.504 e. The molecule has 1 rings (SSSR count). The van der Waals surface area contributed by atoms with Crippen LogP contribution in [0.2, 0.25) is 0 Å². The summed E-state index contributed by atoms with van der Waals surface area (Å²) in [6, 6.07) is 4.79. The predicted octanol–water partition coefficient (Wildman–Crippen LogP) is 1.91. The van der Waals surface area contributed by atoms with Crippen LogP contribution in [0.1, 0.15) is 31.4 Å². The molecule has 0 heterocycles. The van der Waals surface area contributed by atoms with E-state index < -0.39 is 12.0 Å². The SMILES string of the molecule is COc1ccc([C@@H](O)[C@@H](C)CC/C=C/C(=O)NO)cc1O. The topological polar surface area (TPSA) is 99.0 Å². The third-order valence-electron chi connectivity index (χ3n) is 3.25. The van der Waals surface area contributed by atoms with E-state index in [1.165, 1.54) is 24.7 Å². The molecular weight excluding hydrogens is 274 g/mol. The van der Waals surface area contributed by atoms with Gasteiger partial charge >= 0.3 is 0 Å². The van der Waals surface area contributed by atoms with Gasteiger partial charge in [0.05, 0.1) is 13.2 Å². The highest BCUT2D eigenvalue weighted by Crippen LogP contribution is 2.32. The number of hydrogen-bond acceptors (Lipinski definition) is 5. The minimum absolute atomic E-state index is 0.0132. The van der Waals surface area contributed by atoms with Crippen molar-refractivity contribution in [2.75, 3.05) is 7.11 Å². The number of ether oxygens (including phenoxy) is 1. The Labute approximate surface area is 123 Å². The number of amides is 1. The second-order valence-electron chi connectivity index (χ2n) is 4.81. The van der Waals surface area contributed by atoms with Gasteiger partial charge < -0.3 is 14.9 Å². The van der Waals surface area contributed by atoms with E-state index in [1.807, 2.05) is 6.92 Å². The summed E-state index contributed by atoms with van der Waals surface area (Å²) in [7, 11) is 1.46. The van der Waals surface area contributed by atoms with Gasteiger partial charge in [0.15, 0.2) is 11.5 Å². The van der Waals surface area contributed by atoms with Crippen molar-refractivity contribution in [3.63, 3.8) is 0 Å². The van der Waals surface area contributed by atoms with Crippen LogP contribution in [0.3, 0.4) is 0 Å². The number of phenolic OH excluding ortho intramolecular Hbond substituents is 1. The number of carbonyl (C=O) groups is 1. The van der Waals surface area contributed by atoms with Crippen molar-refractivity contribution in [3.8, 4) is 11.5 Å². The molecule has 0 spiro atoms. The third kappa shape index (κ3) is 5.09. The van der Waals surface area contributed by atoms with Crippen LogP contribution in [0.15, 0.2) is 30.4 Å². The lowest BCUT2D eigenvalue weighted by Crippen LogP contribution is -2.15. The first-order valence-corrected chi connectivity index (χ1v) is 6.65. The van der Waals surface area contributed by atoms with Crippen LogP contribution in [-0.4, -0.2) is 28.4 Å². The van der Waals surface area contributed by atoms with E-state index in [1.54, 1.807) is 18.2 Å². The zero-order valence-corrected chi connectivity index (χ0v) is 12.1. The fourth-order valence-electron chi connectivity index (χ4n) is 1.96. The number of benzene rings is 1. The van der Waals surface area contributed by atoms with Crippen LogP contribution < -0.4 is 10.2 Å². The van der Waals surface area contributed by atoms with Crippen molar-refractivity contribution < 1.29 is 25.0 Å². The first-order chi connectivity index (χ1) is 9.99. The monoisotopic (exact) mass is 295 g/mol. The molecule has 0 aliphatic heterocycles. The van der Waals surface area contributed by atoms with Crippen LogP contribution in [-0.2, 0) is 4.79 Å². The summed E-state index contributed by atoms with van der Waals surface area (Å²) in [6.45, 7) is 1.88. The molecule has 0 saturated heterocycles. The highest BCUT2D eigenvalue weighted by atomic mass is 16.5. The zero-order chi connectivity index (χ0) is 15.8. The summed E-state index contributed by atoms with van der Waals surface area (Å²) < 4.78 is 4.95. The lowest BCUT2D eigenvalue weighted by molar-refractivity contribution is -0.124. The van der Waals surface area contributed by atoms with Gasteiger partial charge in [0.1, 0.15) is 0 Å². The number of phenols is 1. The Balaban J connectivity index is 2.57. The number of hydrogen-bond donors (Lipinski definition) is 4. The largest absolute Gasteiger partial charge is 0.504 e. The normalized spacial score (nSPS) is 13.9. The number of hydroxylamine groups is 1. The van der Waals surface area contributed by atoms with E-state index in [0.717, 1.165) is 0 Å². The maximum atomic E-state index is 10.8. The van der Waals surface area contributed by atoms with Crippen LogP contribution in [0, 0.1) is 5.92 Å². The molecule has 6 nitrogen and oxygen atoms in total. The number of rotatable bonds is 7. The van der Waals surface area contributed by atoms with E-state index in [4.69, 9.17) is 9.94 Å². The van der Waals surface area contributed by atoms with Gasteiger partial charge in [-0.1, -0.05) is 19.1 Å². The van der Waals surface area contributed by atoms with Crippen molar-refractivity contribution in [2.24, 2.45) is 5.92 Å². The minimum atomic E-state index is -0.720. The Morgan fingerprint density at radius 3 is 2.76 bits per heavy atom. The number of carbonyl (C=O) groups excluding carboxylic acids is 1. The molecule has 6 heteroatoms. The molecule has 21 heavy (non-hydrogen) atoms. The van der Waals surface area contributed by atoms with E-state index in [9.17, 15) is 15.0 Å². The highest BCUT2D eigenvalue weighted by Gasteiger charge is 2.17. The number of aliphatic hydroxyl groups is 1. The second-order valence-corrected chi connectivity index (χ2v) is 4.81. The third-order valence-corrected chi connectivity index (χ3v) is 3.25. The molecule has 2 atom stereocenters. The molecule has 0 fully saturated rings. The fraction of sp³-hybridized carbons (Fsp3) is 0.400. The van der Waals surface area contributed by atoms with Crippen molar-refractivity contribution in [1.29, 1.82) is 0 Å². The second kappa shape index (κ2) is 8.28. The number of methoxy groups -OCH3 is 1. The Kier molecular flexibility index (Phi) is 6.71. The number of aromatic hydroxyl groups is 1.